The largest absolute Gasteiger partial charge is 0.271 e. The third-order valence-electron chi connectivity index (χ3n) is 2.85. The standard InChI is InChI=1S/C12H17BrN2S2/c13-10-3-1-2-9(6-10)7-11(15-14)12-8-16-4-5-17-12/h1-3,6,11-12,15H,4-5,7-8,14H2. The van der Waals surface area contributed by atoms with E-state index in [4.69, 9.17) is 5.84 Å². The number of hydrogen-bond acceptors (Lipinski definition) is 4. The van der Waals surface area contributed by atoms with E-state index in [9.17, 15) is 0 Å². The molecule has 1 aromatic carbocycles. The third-order valence-corrected chi connectivity index (χ3v) is 6.26. The van der Waals surface area contributed by atoms with E-state index in [-0.39, 0.29) is 0 Å². The Hall–Kier alpha value is 0.320. The molecule has 0 amide bonds. The quantitative estimate of drug-likeness (QED) is 0.656. The van der Waals surface area contributed by atoms with Gasteiger partial charge in [0, 0.05) is 33.0 Å². The van der Waals surface area contributed by atoms with Crippen molar-refractivity contribution < 1.29 is 0 Å². The summed E-state index contributed by atoms with van der Waals surface area (Å²) in [5, 5.41) is 0.623. The van der Waals surface area contributed by atoms with Crippen molar-refractivity contribution in [3.8, 4) is 0 Å². The molecule has 2 atom stereocenters. The first-order valence-corrected chi connectivity index (χ1v) is 8.69. The normalized spacial score (nSPS) is 22.4. The number of rotatable bonds is 4. The minimum atomic E-state index is 0.363. The van der Waals surface area contributed by atoms with Crippen molar-refractivity contribution in [3.63, 3.8) is 0 Å². The van der Waals surface area contributed by atoms with Crippen LogP contribution in [-0.4, -0.2) is 28.6 Å². The number of halogens is 1. The molecule has 17 heavy (non-hydrogen) atoms. The van der Waals surface area contributed by atoms with Crippen molar-refractivity contribution in [3.05, 3.63) is 34.3 Å². The van der Waals surface area contributed by atoms with Gasteiger partial charge in [-0.15, -0.1) is 0 Å². The maximum Gasteiger partial charge on any atom is 0.0377 e. The summed E-state index contributed by atoms with van der Waals surface area (Å²) in [6.45, 7) is 0. The van der Waals surface area contributed by atoms with Crippen molar-refractivity contribution in [1.82, 2.24) is 5.43 Å². The number of thioether (sulfide) groups is 2. The summed E-state index contributed by atoms with van der Waals surface area (Å²) in [6, 6.07) is 8.83. The second kappa shape index (κ2) is 7.04. The summed E-state index contributed by atoms with van der Waals surface area (Å²) in [5.74, 6) is 9.42. The highest BCUT2D eigenvalue weighted by atomic mass is 79.9. The van der Waals surface area contributed by atoms with Crippen LogP contribution in [0.5, 0.6) is 0 Å². The molecular formula is C12H17BrN2S2. The SMILES string of the molecule is NNC(Cc1cccc(Br)c1)C1CSCCS1. The first-order valence-electron chi connectivity index (χ1n) is 5.69. The lowest BCUT2D eigenvalue weighted by atomic mass is 10.0. The second-order valence-electron chi connectivity index (χ2n) is 4.09. The molecular weight excluding hydrogens is 316 g/mol. The lowest BCUT2D eigenvalue weighted by molar-refractivity contribution is 0.523. The van der Waals surface area contributed by atoms with Crippen LogP contribution in [0.15, 0.2) is 28.7 Å². The Kier molecular flexibility index (Phi) is 5.69. The Labute approximate surface area is 120 Å². The van der Waals surface area contributed by atoms with Crippen molar-refractivity contribution in [2.45, 2.75) is 17.7 Å². The molecule has 0 aliphatic carbocycles. The molecule has 94 valence electrons. The fourth-order valence-corrected chi connectivity index (χ4v) is 5.27. The molecule has 1 saturated heterocycles. The Morgan fingerprint density at radius 2 is 2.35 bits per heavy atom. The number of hydrogen-bond donors (Lipinski definition) is 2. The summed E-state index contributed by atoms with van der Waals surface area (Å²) in [7, 11) is 0. The van der Waals surface area contributed by atoms with Crippen LogP contribution in [0.4, 0.5) is 0 Å². The van der Waals surface area contributed by atoms with Gasteiger partial charge in [-0.05, 0) is 24.1 Å². The van der Waals surface area contributed by atoms with Gasteiger partial charge in [-0.2, -0.15) is 23.5 Å². The van der Waals surface area contributed by atoms with Crippen LogP contribution in [0.3, 0.4) is 0 Å². The number of hydrazine groups is 1. The van der Waals surface area contributed by atoms with Crippen LogP contribution in [0.25, 0.3) is 0 Å². The highest BCUT2D eigenvalue weighted by molar-refractivity contribution is 9.10. The van der Waals surface area contributed by atoms with Gasteiger partial charge in [-0.25, -0.2) is 0 Å². The van der Waals surface area contributed by atoms with Crippen molar-refractivity contribution in [1.29, 1.82) is 0 Å². The van der Waals surface area contributed by atoms with E-state index >= 15 is 0 Å². The molecule has 1 fully saturated rings. The van der Waals surface area contributed by atoms with E-state index in [0.29, 0.717) is 11.3 Å². The molecule has 0 saturated carbocycles. The smallest absolute Gasteiger partial charge is 0.0377 e. The first kappa shape index (κ1) is 13.7. The zero-order valence-corrected chi connectivity index (χ0v) is 12.8. The first-order chi connectivity index (χ1) is 8.29. The van der Waals surface area contributed by atoms with Crippen molar-refractivity contribution in [2.24, 2.45) is 5.84 Å². The molecule has 1 aliphatic heterocycles. The van der Waals surface area contributed by atoms with Crippen LogP contribution in [0.2, 0.25) is 0 Å². The van der Waals surface area contributed by atoms with Gasteiger partial charge in [-0.3, -0.25) is 11.3 Å². The van der Waals surface area contributed by atoms with E-state index in [1.54, 1.807) is 0 Å². The predicted molar refractivity (Wildman–Crippen MR) is 82.5 cm³/mol. The van der Waals surface area contributed by atoms with Crippen LogP contribution in [-0.2, 0) is 6.42 Å². The highest BCUT2D eigenvalue weighted by Crippen LogP contribution is 2.27. The number of nitrogens with one attached hydrogen (secondary N) is 1. The van der Waals surface area contributed by atoms with E-state index in [1.165, 1.54) is 22.8 Å². The average molecular weight is 333 g/mol. The summed E-state index contributed by atoms with van der Waals surface area (Å²) in [5.41, 5.74) is 4.32. The third kappa shape index (κ3) is 4.17. The van der Waals surface area contributed by atoms with Crippen molar-refractivity contribution in [2.75, 3.05) is 17.3 Å². The monoisotopic (exact) mass is 332 g/mol. The van der Waals surface area contributed by atoms with Gasteiger partial charge in [0.25, 0.3) is 0 Å². The van der Waals surface area contributed by atoms with Crippen LogP contribution >= 0.6 is 39.5 Å². The molecule has 2 unspecified atom stereocenters. The molecule has 1 aliphatic rings. The number of nitrogens with two attached hydrogens (primary N) is 1. The van der Waals surface area contributed by atoms with E-state index in [2.05, 4.69) is 45.6 Å². The molecule has 0 radical (unpaired) electrons. The highest BCUT2D eigenvalue weighted by Gasteiger charge is 2.23. The Bertz CT molecular complexity index is 356. The average Bonchev–Trinajstić information content (AvgIpc) is 2.37. The van der Waals surface area contributed by atoms with Gasteiger partial charge >= 0.3 is 0 Å². The summed E-state index contributed by atoms with van der Waals surface area (Å²) >= 11 is 7.59. The van der Waals surface area contributed by atoms with Gasteiger partial charge in [0.1, 0.15) is 0 Å². The molecule has 1 heterocycles. The van der Waals surface area contributed by atoms with Gasteiger partial charge in [0.05, 0.1) is 0 Å². The van der Waals surface area contributed by atoms with Gasteiger partial charge < -0.3 is 0 Å². The zero-order valence-electron chi connectivity index (χ0n) is 9.56. The van der Waals surface area contributed by atoms with Crippen LogP contribution < -0.4 is 11.3 Å². The molecule has 1 aromatic rings. The summed E-state index contributed by atoms with van der Waals surface area (Å²) < 4.78 is 1.14. The minimum absolute atomic E-state index is 0.363. The summed E-state index contributed by atoms with van der Waals surface area (Å²) in [6.07, 6.45) is 0.994. The zero-order chi connectivity index (χ0) is 12.1. The topological polar surface area (TPSA) is 38.0 Å². The van der Waals surface area contributed by atoms with Gasteiger partial charge in [-0.1, -0.05) is 28.1 Å². The Morgan fingerprint density at radius 1 is 1.47 bits per heavy atom. The summed E-state index contributed by atoms with van der Waals surface area (Å²) in [4.78, 5) is 0. The lowest BCUT2D eigenvalue weighted by Gasteiger charge is -2.29. The molecule has 2 nitrogen and oxygen atoms in total. The van der Waals surface area contributed by atoms with Gasteiger partial charge in [0.15, 0.2) is 0 Å². The maximum absolute atomic E-state index is 5.71. The molecule has 0 spiro atoms. The predicted octanol–water partition coefficient (Wildman–Crippen LogP) is 2.67. The van der Waals surface area contributed by atoms with E-state index < -0.39 is 0 Å². The fraction of sp³-hybridized carbons (Fsp3) is 0.500. The van der Waals surface area contributed by atoms with Crippen LogP contribution in [0.1, 0.15) is 5.56 Å². The molecule has 5 heteroatoms. The lowest BCUT2D eigenvalue weighted by Crippen LogP contribution is -2.46. The minimum Gasteiger partial charge on any atom is -0.271 e. The van der Waals surface area contributed by atoms with Crippen molar-refractivity contribution >= 4 is 39.5 Å². The molecule has 0 bridgehead atoms. The molecule has 0 aromatic heterocycles. The Morgan fingerprint density at radius 3 is 3.00 bits per heavy atom. The molecule has 3 N–H and O–H groups in total. The van der Waals surface area contributed by atoms with E-state index in [1.807, 2.05) is 23.5 Å². The Balaban J connectivity index is 1.98. The fourth-order valence-electron chi connectivity index (χ4n) is 1.95. The number of benzene rings is 1. The maximum atomic E-state index is 5.71. The second-order valence-corrected chi connectivity index (χ2v) is 7.50. The van der Waals surface area contributed by atoms with Crippen LogP contribution in [0, 0.1) is 0 Å². The molecule has 2 rings (SSSR count). The van der Waals surface area contributed by atoms with E-state index in [0.717, 1.165) is 10.9 Å². The van der Waals surface area contributed by atoms with Gasteiger partial charge in [0.2, 0.25) is 0 Å².